The Morgan fingerprint density at radius 3 is 2.81 bits per heavy atom. The van der Waals surface area contributed by atoms with Crippen molar-refractivity contribution in [3.63, 3.8) is 0 Å². The van der Waals surface area contributed by atoms with E-state index in [1.165, 1.54) is 23.1 Å². The molecule has 0 radical (unpaired) electrons. The Labute approximate surface area is 148 Å². The number of halogens is 2. The number of carbonyl (C=O) groups excluding carboxylic acids is 1. The van der Waals surface area contributed by atoms with Crippen molar-refractivity contribution in [1.29, 1.82) is 0 Å². The topological polar surface area (TPSA) is 59.2 Å². The van der Waals surface area contributed by atoms with Crippen LogP contribution in [0, 0.1) is 18.6 Å². The standard InChI is InChI=1S/C19H15F2N3O2/c1-11-5-6-16(15(21)7-11)24-10-13(9-17(24)25)19-22-18(23-26-19)12-3-2-4-14(20)8-12/h2-8,13H,9-10H2,1H3. The first-order valence-corrected chi connectivity index (χ1v) is 8.17. The van der Waals surface area contributed by atoms with Crippen LogP contribution in [0.25, 0.3) is 11.4 Å². The Morgan fingerprint density at radius 2 is 2.04 bits per heavy atom. The largest absolute Gasteiger partial charge is 0.339 e. The van der Waals surface area contributed by atoms with Crippen molar-refractivity contribution in [1.82, 2.24) is 10.1 Å². The molecule has 1 aromatic heterocycles. The van der Waals surface area contributed by atoms with Gasteiger partial charge in [-0.3, -0.25) is 4.79 Å². The van der Waals surface area contributed by atoms with Gasteiger partial charge in [0, 0.05) is 18.5 Å². The fourth-order valence-electron chi connectivity index (χ4n) is 3.08. The number of anilines is 1. The molecule has 0 aliphatic carbocycles. The molecule has 0 saturated carbocycles. The summed E-state index contributed by atoms with van der Waals surface area (Å²) in [6.07, 6.45) is 0.151. The molecule has 1 fully saturated rings. The van der Waals surface area contributed by atoms with Crippen molar-refractivity contribution in [2.75, 3.05) is 11.4 Å². The normalized spacial score (nSPS) is 17.1. The summed E-state index contributed by atoms with van der Waals surface area (Å²) in [6.45, 7) is 2.04. The van der Waals surface area contributed by atoms with E-state index in [0.29, 0.717) is 5.56 Å². The number of carbonyl (C=O) groups is 1. The Kier molecular flexibility index (Phi) is 3.99. The van der Waals surface area contributed by atoms with Crippen LogP contribution in [0.1, 0.15) is 23.8 Å². The van der Waals surface area contributed by atoms with Gasteiger partial charge in [0.25, 0.3) is 0 Å². The zero-order chi connectivity index (χ0) is 18.3. The molecular formula is C19H15F2N3O2. The summed E-state index contributed by atoms with van der Waals surface area (Å²) < 4.78 is 32.8. The fourth-order valence-corrected chi connectivity index (χ4v) is 3.08. The maximum absolute atomic E-state index is 14.2. The predicted molar refractivity (Wildman–Crippen MR) is 90.5 cm³/mol. The third-order valence-corrected chi connectivity index (χ3v) is 4.39. The van der Waals surface area contributed by atoms with E-state index in [-0.39, 0.29) is 42.2 Å². The second-order valence-electron chi connectivity index (χ2n) is 6.33. The zero-order valence-electron chi connectivity index (χ0n) is 13.9. The van der Waals surface area contributed by atoms with Crippen molar-refractivity contribution < 1.29 is 18.1 Å². The number of aromatic nitrogens is 2. The maximum Gasteiger partial charge on any atom is 0.232 e. The third-order valence-electron chi connectivity index (χ3n) is 4.39. The smallest absolute Gasteiger partial charge is 0.232 e. The summed E-state index contributed by atoms with van der Waals surface area (Å²) in [4.78, 5) is 18.0. The van der Waals surface area contributed by atoms with Crippen molar-refractivity contribution in [3.8, 4) is 11.4 Å². The van der Waals surface area contributed by atoms with E-state index in [4.69, 9.17) is 4.52 Å². The van der Waals surface area contributed by atoms with E-state index < -0.39 is 11.6 Å². The number of aryl methyl sites for hydroxylation is 1. The van der Waals surface area contributed by atoms with Gasteiger partial charge in [-0.25, -0.2) is 8.78 Å². The van der Waals surface area contributed by atoms with Gasteiger partial charge in [-0.05, 0) is 36.8 Å². The molecule has 7 heteroatoms. The minimum atomic E-state index is -0.440. The molecule has 1 unspecified atom stereocenters. The first-order valence-electron chi connectivity index (χ1n) is 8.17. The maximum atomic E-state index is 14.2. The molecule has 1 aliphatic heterocycles. The van der Waals surface area contributed by atoms with Crippen LogP contribution in [0.4, 0.5) is 14.5 Å². The van der Waals surface area contributed by atoms with Crippen LogP contribution in [0.15, 0.2) is 47.0 Å². The van der Waals surface area contributed by atoms with Crippen LogP contribution in [-0.2, 0) is 4.79 Å². The molecule has 2 aromatic carbocycles. The molecule has 132 valence electrons. The molecule has 2 heterocycles. The molecule has 1 amide bonds. The van der Waals surface area contributed by atoms with Gasteiger partial charge >= 0.3 is 0 Å². The molecule has 3 aromatic rings. The van der Waals surface area contributed by atoms with Gasteiger partial charge in [-0.15, -0.1) is 0 Å². The van der Waals surface area contributed by atoms with Crippen molar-refractivity contribution in [2.45, 2.75) is 19.3 Å². The van der Waals surface area contributed by atoms with Gasteiger partial charge in [-0.2, -0.15) is 4.98 Å². The van der Waals surface area contributed by atoms with E-state index >= 15 is 0 Å². The summed E-state index contributed by atoms with van der Waals surface area (Å²) in [5, 5.41) is 3.87. The van der Waals surface area contributed by atoms with E-state index in [9.17, 15) is 13.6 Å². The molecule has 1 saturated heterocycles. The van der Waals surface area contributed by atoms with Crippen molar-refractivity contribution in [3.05, 3.63) is 65.6 Å². The van der Waals surface area contributed by atoms with Crippen LogP contribution in [0.2, 0.25) is 0 Å². The number of amides is 1. The minimum absolute atomic E-state index is 0.151. The van der Waals surface area contributed by atoms with Gasteiger partial charge in [0.2, 0.25) is 17.6 Å². The third kappa shape index (κ3) is 2.96. The molecule has 1 atom stereocenters. The first-order chi connectivity index (χ1) is 12.5. The number of hydrogen-bond donors (Lipinski definition) is 0. The highest BCUT2D eigenvalue weighted by Gasteiger charge is 2.36. The van der Waals surface area contributed by atoms with E-state index in [0.717, 1.165) is 5.56 Å². The van der Waals surface area contributed by atoms with E-state index in [2.05, 4.69) is 10.1 Å². The van der Waals surface area contributed by atoms with Crippen LogP contribution >= 0.6 is 0 Å². The molecule has 4 rings (SSSR count). The lowest BCUT2D eigenvalue weighted by Crippen LogP contribution is -2.25. The number of rotatable bonds is 3. The monoisotopic (exact) mass is 355 g/mol. The van der Waals surface area contributed by atoms with Gasteiger partial charge in [-0.1, -0.05) is 23.4 Å². The predicted octanol–water partition coefficient (Wildman–Crippen LogP) is 3.84. The summed E-state index contributed by atoms with van der Waals surface area (Å²) >= 11 is 0. The van der Waals surface area contributed by atoms with Crippen LogP contribution in [0.5, 0.6) is 0 Å². The zero-order valence-corrected chi connectivity index (χ0v) is 13.9. The van der Waals surface area contributed by atoms with Crippen molar-refractivity contribution >= 4 is 11.6 Å². The molecule has 0 N–H and O–H groups in total. The molecule has 26 heavy (non-hydrogen) atoms. The summed E-state index contributed by atoms with van der Waals surface area (Å²) in [5.41, 5.74) is 1.52. The second kappa shape index (κ2) is 6.33. The molecule has 0 bridgehead atoms. The summed E-state index contributed by atoms with van der Waals surface area (Å²) in [6, 6.07) is 10.6. The highest BCUT2D eigenvalue weighted by atomic mass is 19.1. The molecule has 0 spiro atoms. The molecular weight excluding hydrogens is 340 g/mol. The fraction of sp³-hybridized carbons (Fsp3) is 0.211. The van der Waals surface area contributed by atoms with Gasteiger partial charge in [0.05, 0.1) is 11.6 Å². The van der Waals surface area contributed by atoms with Crippen LogP contribution in [0.3, 0.4) is 0 Å². The number of nitrogens with zero attached hydrogens (tertiary/aromatic N) is 3. The van der Waals surface area contributed by atoms with E-state index in [1.54, 1.807) is 31.2 Å². The summed E-state index contributed by atoms with van der Waals surface area (Å²) in [7, 11) is 0. The van der Waals surface area contributed by atoms with E-state index in [1.807, 2.05) is 0 Å². The lowest BCUT2D eigenvalue weighted by molar-refractivity contribution is -0.117. The average molecular weight is 355 g/mol. The minimum Gasteiger partial charge on any atom is -0.339 e. The van der Waals surface area contributed by atoms with Crippen LogP contribution < -0.4 is 4.90 Å². The SMILES string of the molecule is Cc1ccc(N2CC(c3nc(-c4cccc(F)c4)no3)CC2=O)c(F)c1. The van der Waals surface area contributed by atoms with Gasteiger partial charge in [0.15, 0.2) is 0 Å². The first kappa shape index (κ1) is 16.4. The Bertz CT molecular complexity index is 986. The van der Waals surface area contributed by atoms with Gasteiger partial charge in [0.1, 0.15) is 11.6 Å². The highest BCUT2D eigenvalue weighted by Crippen LogP contribution is 2.33. The lowest BCUT2D eigenvalue weighted by atomic mass is 10.1. The lowest BCUT2D eigenvalue weighted by Gasteiger charge is -2.17. The van der Waals surface area contributed by atoms with Gasteiger partial charge < -0.3 is 9.42 Å². The molecule has 1 aliphatic rings. The van der Waals surface area contributed by atoms with Crippen molar-refractivity contribution in [2.24, 2.45) is 0 Å². The Morgan fingerprint density at radius 1 is 1.19 bits per heavy atom. The average Bonchev–Trinajstić information content (AvgIpc) is 3.22. The Balaban J connectivity index is 1.58. The summed E-state index contributed by atoms with van der Waals surface area (Å²) in [5.74, 6) is -0.836. The quantitative estimate of drug-likeness (QED) is 0.716. The number of benzene rings is 2. The second-order valence-corrected chi connectivity index (χ2v) is 6.33. The molecule has 5 nitrogen and oxygen atoms in total. The van der Waals surface area contributed by atoms with Crippen LogP contribution in [-0.4, -0.2) is 22.6 Å². The number of hydrogen-bond acceptors (Lipinski definition) is 4. The highest BCUT2D eigenvalue weighted by molar-refractivity contribution is 5.96. The Hall–Kier alpha value is -3.09.